The number of hydrogen-bond donors (Lipinski definition) is 3. The summed E-state index contributed by atoms with van der Waals surface area (Å²) in [5.74, 6) is -4.61. The van der Waals surface area contributed by atoms with Crippen LogP contribution in [0.2, 0.25) is 0 Å². The second-order valence-electron chi connectivity index (χ2n) is 3.92. The molecule has 0 saturated carbocycles. The number of carbonyl (C=O) groups excluding carboxylic acids is 1. The Balaban J connectivity index is 2.56. The minimum atomic E-state index is -1.58. The van der Waals surface area contributed by atoms with Gasteiger partial charge < -0.3 is 20.3 Å². The van der Waals surface area contributed by atoms with E-state index in [1.807, 2.05) is 5.32 Å². The third-order valence-corrected chi connectivity index (χ3v) is 2.76. The molecule has 0 bridgehead atoms. The van der Waals surface area contributed by atoms with Gasteiger partial charge in [-0.25, -0.2) is 9.18 Å². The SMILES string of the molecule is O=C(O)CC(NC(=O)COc1ccc(Br)cc1F)C(=O)O. The molecule has 0 aliphatic heterocycles. The van der Waals surface area contributed by atoms with Gasteiger partial charge in [-0.3, -0.25) is 9.59 Å². The molecule has 7 nitrogen and oxygen atoms in total. The van der Waals surface area contributed by atoms with Crippen molar-refractivity contribution in [3.8, 4) is 5.75 Å². The summed E-state index contributed by atoms with van der Waals surface area (Å²) in [7, 11) is 0. The van der Waals surface area contributed by atoms with Crippen molar-refractivity contribution < 1.29 is 33.7 Å². The van der Waals surface area contributed by atoms with Crippen LogP contribution in [0.25, 0.3) is 0 Å². The standard InChI is InChI=1S/C12H11BrFNO6/c13-6-1-2-9(7(14)3-6)21-5-10(16)15-8(12(19)20)4-11(17)18/h1-3,8H,4-5H2,(H,15,16)(H,17,18)(H,19,20). The highest BCUT2D eigenvalue weighted by Gasteiger charge is 2.23. The van der Waals surface area contributed by atoms with E-state index < -0.39 is 42.7 Å². The Kier molecular flexibility index (Phi) is 6.10. The highest BCUT2D eigenvalue weighted by molar-refractivity contribution is 9.10. The number of aliphatic carboxylic acids is 2. The quantitative estimate of drug-likeness (QED) is 0.666. The molecule has 1 atom stereocenters. The maximum atomic E-state index is 13.4. The van der Waals surface area contributed by atoms with Crippen LogP contribution < -0.4 is 10.1 Å². The largest absolute Gasteiger partial charge is 0.481 e. The number of rotatable bonds is 7. The van der Waals surface area contributed by atoms with Gasteiger partial charge in [0.2, 0.25) is 0 Å². The molecular formula is C12H11BrFNO6. The second-order valence-corrected chi connectivity index (χ2v) is 4.84. The van der Waals surface area contributed by atoms with Crippen LogP contribution in [0.4, 0.5) is 4.39 Å². The molecule has 0 radical (unpaired) electrons. The molecule has 0 spiro atoms. The molecule has 0 aliphatic rings. The molecular weight excluding hydrogens is 353 g/mol. The number of nitrogens with one attached hydrogen (secondary N) is 1. The van der Waals surface area contributed by atoms with E-state index in [0.29, 0.717) is 4.47 Å². The van der Waals surface area contributed by atoms with E-state index in [1.54, 1.807) is 0 Å². The van der Waals surface area contributed by atoms with Crippen molar-refractivity contribution in [3.05, 3.63) is 28.5 Å². The lowest BCUT2D eigenvalue weighted by Gasteiger charge is -2.13. The van der Waals surface area contributed by atoms with Crippen molar-refractivity contribution in [2.45, 2.75) is 12.5 Å². The van der Waals surface area contributed by atoms with Crippen LogP contribution in [0.1, 0.15) is 6.42 Å². The summed E-state index contributed by atoms with van der Waals surface area (Å²) in [4.78, 5) is 32.7. The molecule has 3 N–H and O–H groups in total. The normalized spacial score (nSPS) is 11.5. The number of benzene rings is 1. The van der Waals surface area contributed by atoms with E-state index in [2.05, 4.69) is 15.9 Å². The lowest BCUT2D eigenvalue weighted by molar-refractivity contribution is -0.147. The summed E-state index contributed by atoms with van der Waals surface area (Å²) < 4.78 is 18.8. The van der Waals surface area contributed by atoms with Crippen LogP contribution in [-0.4, -0.2) is 40.7 Å². The first-order valence-electron chi connectivity index (χ1n) is 5.61. The summed E-state index contributed by atoms with van der Waals surface area (Å²) in [5.41, 5.74) is 0. The molecule has 21 heavy (non-hydrogen) atoms. The van der Waals surface area contributed by atoms with Gasteiger partial charge in [-0.2, -0.15) is 0 Å². The summed E-state index contributed by atoms with van der Waals surface area (Å²) in [5, 5.41) is 19.2. The van der Waals surface area contributed by atoms with Gasteiger partial charge in [0, 0.05) is 4.47 Å². The Bertz CT molecular complexity index is 565. The molecule has 1 rings (SSSR count). The van der Waals surface area contributed by atoms with Crippen LogP contribution in [0.3, 0.4) is 0 Å². The van der Waals surface area contributed by atoms with E-state index in [1.165, 1.54) is 12.1 Å². The van der Waals surface area contributed by atoms with E-state index in [4.69, 9.17) is 14.9 Å². The van der Waals surface area contributed by atoms with Crippen LogP contribution >= 0.6 is 15.9 Å². The van der Waals surface area contributed by atoms with Crippen molar-refractivity contribution in [2.24, 2.45) is 0 Å². The molecule has 1 amide bonds. The number of carbonyl (C=O) groups is 3. The zero-order valence-corrected chi connectivity index (χ0v) is 12.1. The van der Waals surface area contributed by atoms with Gasteiger partial charge in [0.1, 0.15) is 6.04 Å². The lowest BCUT2D eigenvalue weighted by Crippen LogP contribution is -2.44. The third kappa shape index (κ3) is 5.78. The maximum Gasteiger partial charge on any atom is 0.326 e. The molecule has 0 aliphatic carbocycles. The second kappa shape index (κ2) is 7.58. The minimum Gasteiger partial charge on any atom is -0.481 e. The van der Waals surface area contributed by atoms with Gasteiger partial charge in [0.25, 0.3) is 5.91 Å². The number of halogens is 2. The molecule has 0 fully saturated rings. The number of carboxylic acid groups (broad SMARTS) is 2. The zero-order valence-electron chi connectivity index (χ0n) is 10.5. The smallest absolute Gasteiger partial charge is 0.326 e. The Morgan fingerprint density at radius 1 is 1.33 bits per heavy atom. The minimum absolute atomic E-state index is 0.182. The molecule has 9 heteroatoms. The fourth-order valence-electron chi connectivity index (χ4n) is 1.35. The Hall–Kier alpha value is -2.16. The maximum absolute atomic E-state index is 13.4. The highest BCUT2D eigenvalue weighted by atomic mass is 79.9. The number of carboxylic acids is 2. The predicted molar refractivity (Wildman–Crippen MR) is 71.4 cm³/mol. The van der Waals surface area contributed by atoms with Gasteiger partial charge in [-0.15, -0.1) is 0 Å². The first-order valence-corrected chi connectivity index (χ1v) is 6.40. The molecule has 0 aromatic heterocycles. The zero-order chi connectivity index (χ0) is 16.0. The highest BCUT2D eigenvalue weighted by Crippen LogP contribution is 2.21. The van der Waals surface area contributed by atoms with E-state index in [0.717, 1.165) is 6.07 Å². The van der Waals surface area contributed by atoms with Crippen molar-refractivity contribution in [1.82, 2.24) is 5.32 Å². The first kappa shape index (κ1) is 16.9. The third-order valence-electron chi connectivity index (χ3n) is 2.26. The van der Waals surface area contributed by atoms with Gasteiger partial charge in [0.05, 0.1) is 6.42 Å². The fraction of sp³-hybridized carbons (Fsp3) is 0.250. The summed E-state index contributed by atoms with van der Waals surface area (Å²) >= 11 is 3.05. The lowest BCUT2D eigenvalue weighted by atomic mass is 10.2. The Morgan fingerprint density at radius 2 is 2.00 bits per heavy atom. The van der Waals surface area contributed by atoms with Crippen LogP contribution in [0.5, 0.6) is 5.75 Å². The number of hydrogen-bond acceptors (Lipinski definition) is 4. The monoisotopic (exact) mass is 363 g/mol. The fourth-order valence-corrected chi connectivity index (χ4v) is 1.68. The molecule has 0 saturated heterocycles. The van der Waals surface area contributed by atoms with Gasteiger partial charge >= 0.3 is 11.9 Å². The summed E-state index contributed by atoms with van der Waals surface area (Å²) in [6.45, 7) is -0.637. The van der Waals surface area contributed by atoms with Crippen molar-refractivity contribution in [1.29, 1.82) is 0 Å². The van der Waals surface area contributed by atoms with Gasteiger partial charge in [-0.05, 0) is 18.2 Å². The molecule has 1 aromatic rings. The predicted octanol–water partition coefficient (Wildman–Crippen LogP) is 1.01. The van der Waals surface area contributed by atoms with Crippen molar-refractivity contribution >= 4 is 33.8 Å². The van der Waals surface area contributed by atoms with E-state index >= 15 is 0 Å². The van der Waals surface area contributed by atoms with E-state index in [9.17, 15) is 18.8 Å². The van der Waals surface area contributed by atoms with Gasteiger partial charge in [0.15, 0.2) is 18.2 Å². The van der Waals surface area contributed by atoms with E-state index in [-0.39, 0.29) is 5.75 Å². The van der Waals surface area contributed by atoms with Crippen LogP contribution in [0.15, 0.2) is 22.7 Å². The topological polar surface area (TPSA) is 113 Å². The number of amides is 1. The van der Waals surface area contributed by atoms with Gasteiger partial charge in [-0.1, -0.05) is 15.9 Å². The number of ether oxygens (including phenoxy) is 1. The summed E-state index contributed by atoms with van der Waals surface area (Å²) in [6, 6.07) is 2.35. The Labute approximate surface area is 126 Å². The van der Waals surface area contributed by atoms with Crippen LogP contribution in [0, 0.1) is 5.82 Å². The van der Waals surface area contributed by atoms with Crippen molar-refractivity contribution in [2.75, 3.05) is 6.61 Å². The average Bonchev–Trinajstić information content (AvgIpc) is 2.36. The Morgan fingerprint density at radius 3 is 2.52 bits per heavy atom. The molecule has 0 heterocycles. The van der Waals surface area contributed by atoms with Crippen LogP contribution in [-0.2, 0) is 14.4 Å². The van der Waals surface area contributed by atoms with Crippen molar-refractivity contribution in [3.63, 3.8) is 0 Å². The molecule has 1 aromatic carbocycles. The average molecular weight is 364 g/mol. The first-order chi connectivity index (χ1) is 9.79. The summed E-state index contributed by atoms with van der Waals surface area (Å²) in [6.07, 6.45) is -0.770. The molecule has 114 valence electrons. The molecule has 1 unspecified atom stereocenters.